The monoisotopic (exact) mass is 325 g/mol. The number of anilines is 1. The van der Waals surface area contributed by atoms with Gasteiger partial charge in [-0.05, 0) is 60.6 Å². The minimum Gasteiger partial charge on any atom is -0.494 e. The Balaban J connectivity index is 1.84. The van der Waals surface area contributed by atoms with E-state index >= 15 is 0 Å². The summed E-state index contributed by atoms with van der Waals surface area (Å²) in [6.07, 6.45) is 1.01. The molecule has 0 radical (unpaired) electrons. The summed E-state index contributed by atoms with van der Waals surface area (Å²) >= 11 is 1.77. The Bertz CT molecular complexity index is 783. The van der Waals surface area contributed by atoms with Gasteiger partial charge < -0.3 is 15.0 Å². The fraction of sp³-hybridized carbons (Fsp3) is 0.222. The predicted molar refractivity (Wildman–Crippen MR) is 101 cm³/mol. The molecule has 0 spiro atoms. The second-order valence-electron chi connectivity index (χ2n) is 5.56. The minimum atomic E-state index is -0.549. The van der Waals surface area contributed by atoms with Crippen molar-refractivity contribution < 1.29 is 9.76 Å². The van der Waals surface area contributed by atoms with E-state index in [-0.39, 0.29) is 0 Å². The molecule has 0 amide bonds. The van der Waals surface area contributed by atoms with Crippen LogP contribution in [0.5, 0.6) is 5.75 Å². The third kappa shape index (κ3) is 3.87. The molecule has 0 fully saturated rings. The van der Waals surface area contributed by atoms with Gasteiger partial charge >= 0.3 is 7.05 Å². The zero-order chi connectivity index (χ0) is 16.2. The Hall–Kier alpha value is -1.98. The summed E-state index contributed by atoms with van der Waals surface area (Å²) < 4.78 is 6.94. The first-order valence-corrected chi connectivity index (χ1v) is 8.69. The van der Waals surface area contributed by atoms with Crippen LogP contribution in [0, 0.1) is 0 Å². The number of hydrogen-bond acceptors (Lipinski definition) is 4. The lowest BCUT2D eigenvalue weighted by atomic mass is 9.88. The fourth-order valence-electron chi connectivity index (χ4n) is 2.44. The molecule has 0 unspecified atom stereocenters. The second kappa shape index (κ2) is 7.07. The predicted octanol–water partition coefficient (Wildman–Crippen LogP) is 4.88. The Kier molecular flexibility index (Phi) is 4.89. The lowest BCUT2D eigenvalue weighted by Crippen LogP contribution is -2.19. The van der Waals surface area contributed by atoms with Crippen LogP contribution < -0.4 is 9.96 Å². The van der Waals surface area contributed by atoms with Gasteiger partial charge in [0.2, 0.25) is 0 Å². The SMILES string of the molecule is CCCOc1ccc2cc(-c3ccc(NB(C)O)cc3)sc2c1. The molecule has 3 nitrogen and oxygen atoms in total. The highest BCUT2D eigenvalue weighted by Gasteiger charge is 2.07. The molecule has 0 bridgehead atoms. The molecule has 3 rings (SSSR count). The minimum absolute atomic E-state index is 0.549. The summed E-state index contributed by atoms with van der Waals surface area (Å²) in [6.45, 7) is 4.57. The van der Waals surface area contributed by atoms with Gasteiger partial charge in [0.25, 0.3) is 0 Å². The van der Waals surface area contributed by atoms with E-state index in [2.05, 4.69) is 42.5 Å². The van der Waals surface area contributed by atoms with Crippen molar-refractivity contribution in [2.75, 3.05) is 11.8 Å². The van der Waals surface area contributed by atoms with Gasteiger partial charge in [0.05, 0.1) is 6.61 Å². The molecule has 3 aromatic rings. The molecule has 0 atom stereocenters. The van der Waals surface area contributed by atoms with Crippen molar-refractivity contribution in [1.82, 2.24) is 0 Å². The molecule has 0 saturated heterocycles. The summed E-state index contributed by atoms with van der Waals surface area (Å²) in [5, 5.41) is 13.6. The van der Waals surface area contributed by atoms with Gasteiger partial charge in [-0.25, -0.2) is 0 Å². The standard InChI is InChI=1S/C18H20BNO2S/c1-3-10-22-16-9-6-14-11-17(23-18(14)12-16)13-4-7-15(8-5-13)20-19(2)21/h4-9,11-12,20-21H,3,10H2,1-2H3. The molecule has 0 saturated carbocycles. The largest absolute Gasteiger partial charge is 0.494 e. The van der Waals surface area contributed by atoms with E-state index in [0.29, 0.717) is 0 Å². The highest BCUT2D eigenvalue weighted by molar-refractivity contribution is 7.22. The van der Waals surface area contributed by atoms with Gasteiger partial charge in [-0.15, -0.1) is 11.3 Å². The third-order valence-electron chi connectivity index (χ3n) is 3.51. The van der Waals surface area contributed by atoms with E-state index in [9.17, 15) is 5.02 Å². The number of fused-ring (bicyclic) bond motifs is 1. The molecule has 5 heteroatoms. The summed E-state index contributed by atoms with van der Waals surface area (Å²) in [5.41, 5.74) is 2.10. The number of nitrogens with one attached hydrogen (secondary N) is 1. The Morgan fingerprint density at radius 1 is 1.13 bits per heavy atom. The summed E-state index contributed by atoms with van der Waals surface area (Å²) in [5.74, 6) is 0.934. The van der Waals surface area contributed by atoms with Gasteiger partial charge in [-0.3, -0.25) is 0 Å². The van der Waals surface area contributed by atoms with Gasteiger partial charge in [0.15, 0.2) is 0 Å². The van der Waals surface area contributed by atoms with E-state index in [1.807, 2.05) is 18.2 Å². The fourth-order valence-corrected chi connectivity index (χ4v) is 3.53. The molecule has 1 heterocycles. The Morgan fingerprint density at radius 3 is 2.61 bits per heavy atom. The van der Waals surface area contributed by atoms with E-state index in [0.717, 1.165) is 24.5 Å². The van der Waals surface area contributed by atoms with Crippen LogP contribution in [0.2, 0.25) is 6.82 Å². The Morgan fingerprint density at radius 2 is 1.91 bits per heavy atom. The van der Waals surface area contributed by atoms with E-state index in [4.69, 9.17) is 4.74 Å². The highest BCUT2D eigenvalue weighted by atomic mass is 32.1. The van der Waals surface area contributed by atoms with Crippen LogP contribution in [-0.4, -0.2) is 18.7 Å². The van der Waals surface area contributed by atoms with Gasteiger partial charge in [0, 0.05) is 15.3 Å². The van der Waals surface area contributed by atoms with Crippen LogP contribution >= 0.6 is 11.3 Å². The summed E-state index contributed by atoms with van der Waals surface area (Å²) in [4.78, 5) is 1.23. The first-order chi connectivity index (χ1) is 11.2. The van der Waals surface area contributed by atoms with Crippen molar-refractivity contribution in [3.05, 3.63) is 48.5 Å². The smallest absolute Gasteiger partial charge is 0.406 e. The molecule has 2 aromatic carbocycles. The number of hydrogen-bond donors (Lipinski definition) is 2. The van der Waals surface area contributed by atoms with Crippen LogP contribution in [0.3, 0.4) is 0 Å². The number of benzene rings is 2. The maximum absolute atomic E-state index is 9.35. The van der Waals surface area contributed by atoms with Gasteiger partial charge in [-0.2, -0.15) is 0 Å². The second-order valence-corrected chi connectivity index (χ2v) is 6.64. The highest BCUT2D eigenvalue weighted by Crippen LogP contribution is 2.35. The average molecular weight is 325 g/mol. The molecule has 0 aliphatic carbocycles. The molecule has 1 aromatic heterocycles. The molecule has 118 valence electrons. The van der Waals surface area contributed by atoms with Crippen molar-refractivity contribution >= 4 is 34.2 Å². The van der Waals surface area contributed by atoms with Crippen LogP contribution in [0.15, 0.2) is 48.5 Å². The van der Waals surface area contributed by atoms with Gasteiger partial charge in [-0.1, -0.05) is 19.1 Å². The van der Waals surface area contributed by atoms with Crippen LogP contribution in [0.25, 0.3) is 20.5 Å². The molecule has 23 heavy (non-hydrogen) atoms. The van der Waals surface area contributed by atoms with Crippen LogP contribution in [0.4, 0.5) is 5.69 Å². The maximum Gasteiger partial charge on any atom is 0.406 e. The van der Waals surface area contributed by atoms with Crippen LogP contribution in [0.1, 0.15) is 13.3 Å². The maximum atomic E-state index is 9.35. The average Bonchev–Trinajstić information content (AvgIpc) is 2.96. The lowest BCUT2D eigenvalue weighted by molar-refractivity contribution is 0.318. The van der Waals surface area contributed by atoms with Crippen molar-refractivity contribution in [3.63, 3.8) is 0 Å². The first kappa shape index (κ1) is 15.9. The number of rotatable bonds is 6. The van der Waals surface area contributed by atoms with Crippen molar-refractivity contribution in [2.24, 2.45) is 0 Å². The summed E-state index contributed by atoms with van der Waals surface area (Å²) in [7, 11) is -0.549. The van der Waals surface area contributed by atoms with E-state index < -0.39 is 7.05 Å². The van der Waals surface area contributed by atoms with Crippen molar-refractivity contribution in [3.8, 4) is 16.2 Å². The molecular weight excluding hydrogens is 305 g/mol. The van der Waals surface area contributed by atoms with E-state index in [1.165, 1.54) is 20.5 Å². The normalized spacial score (nSPS) is 10.7. The Labute approximate surface area is 141 Å². The van der Waals surface area contributed by atoms with Crippen molar-refractivity contribution in [2.45, 2.75) is 20.2 Å². The molecule has 2 N–H and O–H groups in total. The molecule has 0 aliphatic rings. The zero-order valence-corrected chi connectivity index (χ0v) is 14.2. The van der Waals surface area contributed by atoms with Crippen molar-refractivity contribution in [1.29, 1.82) is 0 Å². The van der Waals surface area contributed by atoms with E-state index in [1.54, 1.807) is 18.2 Å². The topological polar surface area (TPSA) is 41.5 Å². The third-order valence-corrected chi connectivity index (χ3v) is 4.66. The molecule has 0 aliphatic heterocycles. The zero-order valence-electron chi connectivity index (χ0n) is 13.4. The lowest BCUT2D eigenvalue weighted by Gasteiger charge is -2.06. The first-order valence-electron chi connectivity index (χ1n) is 7.87. The van der Waals surface area contributed by atoms with Gasteiger partial charge in [0.1, 0.15) is 5.75 Å². The number of ether oxygens (including phenoxy) is 1. The summed E-state index contributed by atoms with van der Waals surface area (Å²) in [6, 6.07) is 16.6. The number of thiophene rings is 1. The quantitative estimate of drug-likeness (QED) is 0.635. The van der Waals surface area contributed by atoms with Crippen LogP contribution in [-0.2, 0) is 0 Å². The molecular formula is C18H20BNO2S.